The molecular formula is C23H28ClN3O6S. The largest absolute Gasteiger partial charge is 0.486 e. The summed E-state index contributed by atoms with van der Waals surface area (Å²) in [6.07, 6.45) is 1.02. The molecule has 3 rings (SSSR count). The minimum absolute atomic E-state index is 0.104. The van der Waals surface area contributed by atoms with E-state index in [0.717, 1.165) is 16.1 Å². The van der Waals surface area contributed by atoms with E-state index < -0.39 is 28.5 Å². The van der Waals surface area contributed by atoms with Crippen LogP contribution in [-0.4, -0.2) is 63.7 Å². The first-order valence-corrected chi connectivity index (χ1v) is 13.0. The third-order valence-electron chi connectivity index (χ3n) is 5.28. The van der Waals surface area contributed by atoms with Crippen LogP contribution in [0.5, 0.6) is 11.5 Å². The molecule has 1 atom stereocenters. The maximum Gasteiger partial charge on any atom is 0.244 e. The molecule has 0 spiro atoms. The summed E-state index contributed by atoms with van der Waals surface area (Å²) in [6.45, 7) is 4.14. The Hall–Kier alpha value is -2.98. The highest BCUT2D eigenvalue weighted by Gasteiger charge is 2.30. The lowest BCUT2D eigenvalue weighted by Crippen LogP contribution is -2.51. The smallest absolute Gasteiger partial charge is 0.244 e. The second-order valence-electron chi connectivity index (χ2n) is 7.82. The number of nitrogens with one attached hydrogen (secondary N) is 1. The summed E-state index contributed by atoms with van der Waals surface area (Å²) < 4.78 is 37.3. The molecule has 1 aliphatic rings. The molecular weight excluding hydrogens is 482 g/mol. The van der Waals surface area contributed by atoms with Crippen molar-refractivity contribution in [3.8, 4) is 11.5 Å². The second kappa shape index (κ2) is 11.0. The highest BCUT2D eigenvalue weighted by molar-refractivity contribution is 7.92. The van der Waals surface area contributed by atoms with E-state index in [2.05, 4.69) is 5.32 Å². The summed E-state index contributed by atoms with van der Waals surface area (Å²) in [5.74, 6) is 0.0339. The number of ether oxygens (including phenoxy) is 2. The molecule has 34 heavy (non-hydrogen) atoms. The number of rotatable bonds is 9. The zero-order chi connectivity index (χ0) is 24.9. The van der Waals surface area contributed by atoms with Crippen LogP contribution < -0.4 is 19.1 Å². The highest BCUT2D eigenvalue weighted by Crippen LogP contribution is 2.34. The maximum atomic E-state index is 13.4. The number of hydrogen-bond donors (Lipinski definition) is 1. The zero-order valence-electron chi connectivity index (χ0n) is 19.3. The predicted molar refractivity (Wildman–Crippen MR) is 130 cm³/mol. The van der Waals surface area contributed by atoms with E-state index in [1.165, 1.54) is 11.0 Å². The van der Waals surface area contributed by atoms with Crippen LogP contribution in [0.2, 0.25) is 5.02 Å². The van der Waals surface area contributed by atoms with E-state index in [-0.39, 0.29) is 18.1 Å². The Morgan fingerprint density at radius 1 is 1.09 bits per heavy atom. The molecule has 0 aromatic heterocycles. The lowest BCUT2D eigenvalue weighted by molar-refractivity contribution is -0.139. The first-order chi connectivity index (χ1) is 16.1. The van der Waals surface area contributed by atoms with Gasteiger partial charge in [0, 0.05) is 24.2 Å². The van der Waals surface area contributed by atoms with E-state index in [4.69, 9.17) is 21.1 Å². The number of fused-ring (bicyclic) bond motifs is 1. The van der Waals surface area contributed by atoms with Crippen LogP contribution in [0.15, 0.2) is 42.5 Å². The summed E-state index contributed by atoms with van der Waals surface area (Å²) in [5.41, 5.74) is 1.01. The zero-order valence-corrected chi connectivity index (χ0v) is 20.9. The third kappa shape index (κ3) is 6.32. The molecule has 1 N–H and O–H groups in total. The number of hydrogen-bond acceptors (Lipinski definition) is 6. The first-order valence-electron chi connectivity index (χ1n) is 10.8. The van der Waals surface area contributed by atoms with Crippen LogP contribution in [0.25, 0.3) is 0 Å². The van der Waals surface area contributed by atoms with Gasteiger partial charge in [-0.15, -0.1) is 0 Å². The highest BCUT2D eigenvalue weighted by atomic mass is 35.5. The van der Waals surface area contributed by atoms with Gasteiger partial charge >= 0.3 is 0 Å². The number of halogens is 1. The lowest BCUT2D eigenvalue weighted by atomic mass is 10.1. The van der Waals surface area contributed by atoms with Crippen molar-refractivity contribution in [3.63, 3.8) is 0 Å². The van der Waals surface area contributed by atoms with Gasteiger partial charge in [-0.2, -0.15) is 0 Å². The van der Waals surface area contributed by atoms with Gasteiger partial charge in [0.25, 0.3) is 0 Å². The molecule has 2 aromatic carbocycles. The van der Waals surface area contributed by atoms with Crippen molar-refractivity contribution in [2.24, 2.45) is 0 Å². The van der Waals surface area contributed by atoms with Crippen molar-refractivity contribution in [2.45, 2.75) is 26.4 Å². The fourth-order valence-electron chi connectivity index (χ4n) is 3.49. The number of benzene rings is 2. The van der Waals surface area contributed by atoms with E-state index in [0.29, 0.717) is 36.3 Å². The van der Waals surface area contributed by atoms with Crippen LogP contribution in [0.4, 0.5) is 5.69 Å². The molecule has 0 saturated heterocycles. The molecule has 0 unspecified atom stereocenters. The van der Waals surface area contributed by atoms with Crippen molar-refractivity contribution < 1.29 is 27.5 Å². The molecule has 0 aliphatic carbocycles. The fourth-order valence-corrected chi connectivity index (χ4v) is 4.46. The number of nitrogens with zero attached hydrogens (tertiary/aromatic N) is 2. The number of carbonyl (C=O) groups is 2. The summed E-state index contributed by atoms with van der Waals surface area (Å²) in [6, 6.07) is 10.7. The number of likely N-dealkylation sites (N-methyl/N-ethyl adjacent to an activating group) is 1. The molecule has 0 radical (unpaired) electrons. The van der Waals surface area contributed by atoms with Crippen LogP contribution in [-0.2, 0) is 26.2 Å². The molecule has 2 aromatic rings. The Balaban J connectivity index is 1.91. The first kappa shape index (κ1) is 25.6. The van der Waals surface area contributed by atoms with E-state index >= 15 is 0 Å². The van der Waals surface area contributed by atoms with Crippen LogP contribution in [0.3, 0.4) is 0 Å². The molecule has 184 valence electrons. The van der Waals surface area contributed by atoms with Gasteiger partial charge in [0.05, 0.1) is 11.9 Å². The van der Waals surface area contributed by atoms with Crippen molar-refractivity contribution in [1.82, 2.24) is 10.2 Å². The summed E-state index contributed by atoms with van der Waals surface area (Å²) in [5, 5.41) is 3.25. The Kier molecular flexibility index (Phi) is 8.27. The van der Waals surface area contributed by atoms with Crippen molar-refractivity contribution in [1.29, 1.82) is 0 Å². The van der Waals surface area contributed by atoms with Gasteiger partial charge in [-0.05, 0) is 43.7 Å². The van der Waals surface area contributed by atoms with E-state index in [1.807, 2.05) is 0 Å². The van der Waals surface area contributed by atoms with Gasteiger partial charge < -0.3 is 19.7 Å². The number of anilines is 1. The predicted octanol–water partition coefficient (Wildman–Crippen LogP) is 2.43. The van der Waals surface area contributed by atoms with Crippen molar-refractivity contribution in [2.75, 3.05) is 36.9 Å². The van der Waals surface area contributed by atoms with Crippen LogP contribution in [0, 0.1) is 0 Å². The Morgan fingerprint density at radius 3 is 2.35 bits per heavy atom. The molecule has 0 saturated carbocycles. The van der Waals surface area contributed by atoms with Crippen molar-refractivity contribution >= 4 is 39.1 Å². The normalized spacial score (nSPS) is 13.6. The van der Waals surface area contributed by atoms with E-state index in [1.54, 1.807) is 50.2 Å². The van der Waals surface area contributed by atoms with Gasteiger partial charge in [0.1, 0.15) is 25.8 Å². The lowest BCUT2D eigenvalue weighted by Gasteiger charge is -2.31. The van der Waals surface area contributed by atoms with Gasteiger partial charge in [0.15, 0.2) is 11.5 Å². The van der Waals surface area contributed by atoms with Gasteiger partial charge in [-0.3, -0.25) is 13.9 Å². The number of sulfonamides is 1. The van der Waals surface area contributed by atoms with Gasteiger partial charge in [-0.1, -0.05) is 23.7 Å². The van der Waals surface area contributed by atoms with Crippen LogP contribution in [0.1, 0.15) is 19.4 Å². The minimum Gasteiger partial charge on any atom is -0.486 e. The molecule has 2 amide bonds. The summed E-state index contributed by atoms with van der Waals surface area (Å²) in [7, 11) is -3.84. The molecule has 1 aliphatic heterocycles. The number of carbonyl (C=O) groups excluding carboxylic acids is 2. The molecule has 0 fully saturated rings. The monoisotopic (exact) mass is 509 g/mol. The van der Waals surface area contributed by atoms with Gasteiger partial charge in [-0.25, -0.2) is 8.42 Å². The Bertz CT molecular complexity index is 1140. The maximum absolute atomic E-state index is 13.4. The average Bonchev–Trinajstić information content (AvgIpc) is 2.80. The van der Waals surface area contributed by atoms with Crippen molar-refractivity contribution in [3.05, 3.63) is 53.1 Å². The van der Waals surface area contributed by atoms with Gasteiger partial charge in [0.2, 0.25) is 21.8 Å². The number of amides is 2. The fraction of sp³-hybridized carbons (Fsp3) is 0.391. The minimum atomic E-state index is -3.84. The molecule has 1 heterocycles. The molecule has 0 bridgehead atoms. The quantitative estimate of drug-likeness (QED) is 0.556. The average molecular weight is 510 g/mol. The standard InChI is InChI=1S/C23H28ClN3O6S/c1-4-25-23(29)16(2)26(14-17-5-7-18(24)8-6-17)22(28)15-27(34(3,30)31)19-9-10-20-21(13-19)33-12-11-32-20/h5-10,13,16H,4,11-12,14-15H2,1-3H3,(H,25,29)/t16-/m1/s1. The Labute approximate surface area is 204 Å². The van der Waals surface area contributed by atoms with E-state index in [9.17, 15) is 18.0 Å². The molecule has 9 nitrogen and oxygen atoms in total. The summed E-state index contributed by atoms with van der Waals surface area (Å²) >= 11 is 5.97. The second-order valence-corrected chi connectivity index (χ2v) is 10.2. The third-order valence-corrected chi connectivity index (χ3v) is 6.67. The summed E-state index contributed by atoms with van der Waals surface area (Å²) in [4.78, 5) is 27.4. The SMILES string of the molecule is CCNC(=O)[C@@H](C)N(Cc1ccc(Cl)cc1)C(=O)CN(c1ccc2c(c1)OCCO2)S(C)(=O)=O. The van der Waals surface area contributed by atoms with Crippen LogP contribution >= 0.6 is 11.6 Å². The Morgan fingerprint density at radius 2 is 1.74 bits per heavy atom. The topological polar surface area (TPSA) is 105 Å². The molecule has 11 heteroatoms.